The van der Waals surface area contributed by atoms with Crippen LogP contribution >= 0.6 is 23.1 Å². The normalized spacial score (nSPS) is 10.9. The number of unbranched alkanes of at least 4 members (excludes halogenated alkanes) is 2. The third kappa shape index (κ3) is 4.99. The van der Waals surface area contributed by atoms with Crippen LogP contribution < -0.4 is 4.74 Å². The van der Waals surface area contributed by atoms with Gasteiger partial charge in [0.15, 0.2) is 0 Å². The van der Waals surface area contributed by atoms with Gasteiger partial charge >= 0.3 is 5.97 Å². The number of thioether (sulfide) groups is 1. The van der Waals surface area contributed by atoms with Gasteiger partial charge in [0.2, 0.25) is 0 Å². The summed E-state index contributed by atoms with van der Waals surface area (Å²) in [5, 5.41) is 3.86. The number of hydrogen-bond acceptors (Lipinski definition) is 7. The topological polar surface area (TPSA) is 61.3 Å². The molecule has 1 aromatic carbocycles. The van der Waals surface area contributed by atoms with Crippen molar-refractivity contribution in [2.45, 2.75) is 31.2 Å². The fraction of sp³-hybridized carbons (Fsp3) is 0.350. The molecular formula is C20H22N2O3S2. The Morgan fingerprint density at radius 2 is 2.00 bits per heavy atom. The molecule has 0 amide bonds. The molecule has 5 nitrogen and oxygen atoms in total. The lowest BCUT2D eigenvalue weighted by Crippen LogP contribution is -2.08. The number of methoxy groups -OCH3 is 1. The highest BCUT2D eigenvalue weighted by atomic mass is 32.2. The number of aromatic nitrogens is 2. The maximum Gasteiger partial charge on any atom is 0.316 e. The lowest BCUT2D eigenvalue weighted by atomic mass is 10.1. The van der Waals surface area contributed by atoms with Crippen LogP contribution in [0.4, 0.5) is 0 Å². The Bertz CT molecular complexity index is 894. The van der Waals surface area contributed by atoms with E-state index in [2.05, 4.69) is 22.3 Å². The summed E-state index contributed by atoms with van der Waals surface area (Å²) in [4.78, 5) is 21.7. The van der Waals surface area contributed by atoms with Crippen molar-refractivity contribution in [1.82, 2.24) is 9.97 Å². The third-order valence-electron chi connectivity index (χ3n) is 4.07. The summed E-state index contributed by atoms with van der Waals surface area (Å²) in [7, 11) is 1.65. The second-order valence-electron chi connectivity index (χ2n) is 5.95. The zero-order valence-corrected chi connectivity index (χ0v) is 17.1. The summed E-state index contributed by atoms with van der Waals surface area (Å²) in [5.41, 5.74) is 2.14. The molecule has 2 aromatic heterocycles. The van der Waals surface area contributed by atoms with Crippen LogP contribution in [0.25, 0.3) is 21.3 Å². The van der Waals surface area contributed by atoms with Crippen LogP contribution in [-0.4, -0.2) is 35.4 Å². The van der Waals surface area contributed by atoms with Gasteiger partial charge < -0.3 is 9.47 Å². The number of carbonyl (C=O) groups is 1. The molecule has 3 aromatic rings. The van der Waals surface area contributed by atoms with Crippen molar-refractivity contribution in [3.8, 4) is 16.9 Å². The number of thiophene rings is 1. The van der Waals surface area contributed by atoms with Gasteiger partial charge in [0.05, 0.1) is 24.9 Å². The van der Waals surface area contributed by atoms with Gasteiger partial charge in [-0.1, -0.05) is 43.7 Å². The molecule has 0 aliphatic heterocycles. The summed E-state index contributed by atoms with van der Waals surface area (Å²) in [6.45, 7) is 2.61. The number of esters is 1. The molecule has 0 saturated heterocycles. The molecular weight excluding hydrogens is 380 g/mol. The molecule has 0 bridgehead atoms. The molecule has 0 N–H and O–H groups in total. The molecule has 27 heavy (non-hydrogen) atoms. The van der Waals surface area contributed by atoms with E-state index in [4.69, 9.17) is 9.47 Å². The zero-order chi connectivity index (χ0) is 19.1. The summed E-state index contributed by atoms with van der Waals surface area (Å²) >= 11 is 2.97. The Morgan fingerprint density at radius 1 is 1.19 bits per heavy atom. The smallest absolute Gasteiger partial charge is 0.316 e. The number of carbonyl (C=O) groups excluding carboxylic acids is 1. The predicted octanol–water partition coefficient (Wildman–Crippen LogP) is 5.19. The quantitative estimate of drug-likeness (QED) is 0.212. The van der Waals surface area contributed by atoms with Crippen LogP contribution in [0.5, 0.6) is 5.75 Å². The highest BCUT2D eigenvalue weighted by Gasteiger charge is 2.15. The summed E-state index contributed by atoms with van der Waals surface area (Å²) < 4.78 is 10.5. The Morgan fingerprint density at radius 3 is 2.74 bits per heavy atom. The van der Waals surface area contributed by atoms with E-state index in [1.165, 1.54) is 11.8 Å². The van der Waals surface area contributed by atoms with E-state index >= 15 is 0 Å². The number of nitrogens with zero attached hydrogens (tertiary/aromatic N) is 2. The molecule has 0 aliphatic rings. The van der Waals surface area contributed by atoms with Crippen molar-refractivity contribution in [3.05, 3.63) is 36.0 Å². The lowest BCUT2D eigenvalue weighted by Gasteiger charge is -2.07. The molecule has 0 aliphatic carbocycles. The maximum atomic E-state index is 12.0. The van der Waals surface area contributed by atoms with Crippen molar-refractivity contribution in [1.29, 1.82) is 0 Å². The molecule has 2 heterocycles. The minimum Gasteiger partial charge on any atom is -0.497 e. The average Bonchev–Trinajstić information content (AvgIpc) is 3.14. The number of fused-ring (bicyclic) bond motifs is 1. The number of benzene rings is 1. The molecule has 0 radical (unpaired) electrons. The minimum absolute atomic E-state index is 0.205. The van der Waals surface area contributed by atoms with Gasteiger partial charge in [-0.25, -0.2) is 9.97 Å². The fourth-order valence-electron chi connectivity index (χ4n) is 2.65. The van der Waals surface area contributed by atoms with Gasteiger partial charge in [0.25, 0.3) is 0 Å². The Labute approximate surface area is 167 Å². The SMILES string of the molecule is CCCCCOC(=O)CSc1ncnc2scc(-c3ccc(OC)cc3)c12. The Balaban J connectivity index is 1.75. The minimum atomic E-state index is -0.205. The van der Waals surface area contributed by atoms with Crippen LogP contribution in [0.15, 0.2) is 41.0 Å². The van der Waals surface area contributed by atoms with Crippen molar-refractivity contribution in [2.75, 3.05) is 19.5 Å². The zero-order valence-electron chi connectivity index (χ0n) is 15.4. The predicted molar refractivity (Wildman–Crippen MR) is 111 cm³/mol. The number of hydrogen-bond donors (Lipinski definition) is 0. The monoisotopic (exact) mass is 402 g/mol. The average molecular weight is 403 g/mol. The highest BCUT2D eigenvalue weighted by Crippen LogP contribution is 2.38. The molecule has 142 valence electrons. The van der Waals surface area contributed by atoms with Gasteiger partial charge in [-0.05, 0) is 24.1 Å². The van der Waals surface area contributed by atoms with Gasteiger partial charge in [-0.15, -0.1) is 11.3 Å². The molecule has 7 heteroatoms. The first-order valence-corrected chi connectivity index (χ1v) is 10.7. The van der Waals surface area contributed by atoms with Crippen LogP contribution in [0, 0.1) is 0 Å². The molecule has 0 saturated carbocycles. The molecule has 0 unspecified atom stereocenters. The maximum absolute atomic E-state index is 12.0. The first-order chi connectivity index (χ1) is 13.2. The van der Waals surface area contributed by atoms with Crippen molar-refractivity contribution in [2.24, 2.45) is 0 Å². The van der Waals surface area contributed by atoms with E-state index in [-0.39, 0.29) is 11.7 Å². The number of rotatable bonds is 9. The van der Waals surface area contributed by atoms with Crippen LogP contribution in [0.2, 0.25) is 0 Å². The fourth-order valence-corrected chi connectivity index (χ4v) is 4.44. The van der Waals surface area contributed by atoms with E-state index in [9.17, 15) is 4.79 Å². The van der Waals surface area contributed by atoms with Gasteiger partial charge in [-0.3, -0.25) is 4.79 Å². The van der Waals surface area contributed by atoms with E-state index in [0.717, 1.165) is 51.4 Å². The van der Waals surface area contributed by atoms with E-state index in [1.54, 1.807) is 24.8 Å². The largest absolute Gasteiger partial charge is 0.497 e. The standard InChI is InChI=1S/C20H22N2O3S2/c1-3-4-5-10-25-17(23)12-27-20-18-16(11-26-19(18)21-13-22-20)14-6-8-15(24-2)9-7-14/h6-9,11,13H,3-5,10,12H2,1-2H3. The van der Waals surface area contributed by atoms with Crippen LogP contribution in [-0.2, 0) is 9.53 Å². The van der Waals surface area contributed by atoms with Gasteiger partial charge in [0.1, 0.15) is 21.9 Å². The first-order valence-electron chi connectivity index (χ1n) is 8.88. The lowest BCUT2D eigenvalue weighted by molar-refractivity contribution is -0.140. The molecule has 0 atom stereocenters. The highest BCUT2D eigenvalue weighted by molar-refractivity contribution is 8.00. The Hall–Kier alpha value is -2.12. The van der Waals surface area contributed by atoms with Crippen molar-refractivity contribution >= 4 is 39.3 Å². The third-order valence-corrected chi connectivity index (χ3v) is 5.92. The van der Waals surface area contributed by atoms with E-state index in [0.29, 0.717) is 6.61 Å². The van der Waals surface area contributed by atoms with Crippen LogP contribution in [0.3, 0.4) is 0 Å². The van der Waals surface area contributed by atoms with Gasteiger partial charge in [-0.2, -0.15) is 0 Å². The second-order valence-corrected chi connectivity index (χ2v) is 7.78. The summed E-state index contributed by atoms with van der Waals surface area (Å²) in [6, 6.07) is 7.90. The molecule has 0 fully saturated rings. The van der Waals surface area contributed by atoms with Gasteiger partial charge in [0, 0.05) is 10.9 Å². The summed E-state index contributed by atoms with van der Waals surface area (Å²) in [5.74, 6) is 0.856. The van der Waals surface area contributed by atoms with Crippen LogP contribution in [0.1, 0.15) is 26.2 Å². The Kier molecular flexibility index (Phi) is 7.06. The van der Waals surface area contributed by atoms with E-state index < -0.39 is 0 Å². The van der Waals surface area contributed by atoms with Crippen molar-refractivity contribution in [3.63, 3.8) is 0 Å². The summed E-state index contributed by atoms with van der Waals surface area (Å²) in [6.07, 6.45) is 4.65. The molecule has 0 spiro atoms. The second kappa shape index (κ2) is 9.71. The molecule has 3 rings (SSSR count). The van der Waals surface area contributed by atoms with Crippen molar-refractivity contribution < 1.29 is 14.3 Å². The number of ether oxygens (including phenoxy) is 2. The van der Waals surface area contributed by atoms with E-state index in [1.807, 2.05) is 24.3 Å². The first kappa shape index (κ1) is 19.6.